The van der Waals surface area contributed by atoms with Gasteiger partial charge in [0.1, 0.15) is 0 Å². The van der Waals surface area contributed by atoms with Crippen LogP contribution < -0.4 is 5.32 Å². The molecule has 17 heavy (non-hydrogen) atoms. The lowest BCUT2D eigenvalue weighted by molar-refractivity contribution is 0.187. The minimum absolute atomic E-state index is 0.180. The van der Waals surface area contributed by atoms with E-state index in [-0.39, 0.29) is 6.03 Å². The van der Waals surface area contributed by atoms with Gasteiger partial charge in [-0.15, -0.1) is 0 Å². The summed E-state index contributed by atoms with van der Waals surface area (Å²) in [7, 11) is 0. The standard InChI is InChI=1S/C14H26N2O/c1-11(2)12-5-4-9-16(10-8-12)14(17)15-13-6-3-7-13/h11-13H,3-10H2,1-2H3,(H,15,17). The summed E-state index contributed by atoms with van der Waals surface area (Å²) in [6.45, 7) is 6.49. The fraction of sp³-hybridized carbons (Fsp3) is 0.929. The number of nitrogens with zero attached hydrogens (tertiary/aromatic N) is 1. The molecule has 1 aliphatic carbocycles. The Bertz CT molecular complexity index is 261. The van der Waals surface area contributed by atoms with Gasteiger partial charge in [-0.3, -0.25) is 0 Å². The molecule has 1 saturated heterocycles. The van der Waals surface area contributed by atoms with Gasteiger partial charge in [0.05, 0.1) is 0 Å². The van der Waals surface area contributed by atoms with Gasteiger partial charge in [0.15, 0.2) is 0 Å². The number of urea groups is 1. The van der Waals surface area contributed by atoms with Crippen molar-refractivity contribution in [3.05, 3.63) is 0 Å². The first-order valence-electron chi connectivity index (χ1n) is 7.22. The Morgan fingerprint density at radius 1 is 1.12 bits per heavy atom. The van der Waals surface area contributed by atoms with Gasteiger partial charge in [-0.25, -0.2) is 4.79 Å². The van der Waals surface area contributed by atoms with Crippen LogP contribution in [0.2, 0.25) is 0 Å². The lowest BCUT2D eigenvalue weighted by atomic mass is 9.89. The Morgan fingerprint density at radius 3 is 2.47 bits per heavy atom. The number of amides is 2. The predicted octanol–water partition coefficient (Wildman–Crippen LogP) is 3.01. The predicted molar refractivity (Wildman–Crippen MR) is 69.9 cm³/mol. The van der Waals surface area contributed by atoms with Crippen molar-refractivity contribution in [3.8, 4) is 0 Å². The van der Waals surface area contributed by atoms with Gasteiger partial charge in [-0.1, -0.05) is 13.8 Å². The third-order valence-corrected chi connectivity index (χ3v) is 4.44. The molecule has 98 valence electrons. The summed E-state index contributed by atoms with van der Waals surface area (Å²) in [5, 5.41) is 3.14. The van der Waals surface area contributed by atoms with Gasteiger partial charge in [-0.05, 0) is 50.4 Å². The van der Waals surface area contributed by atoms with Gasteiger partial charge in [0.25, 0.3) is 0 Å². The first-order valence-corrected chi connectivity index (χ1v) is 7.22. The monoisotopic (exact) mass is 238 g/mol. The summed E-state index contributed by atoms with van der Waals surface area (Å²) in [5.41, 5.74) is 0. The lowest BCUT2D eigenvalue weighted by Crippen LogP contribution is -2.47. The zero-order valence-electron chi connectivity index (χ0n) is 11.2. The van der Waals surface area contributed by atoms with Crippen molar-refractivity contribution in [3.63, 3.8) is 0 Å². The Hall–Kier alpha value is -0.730. The molecule has 1 aliphatic heterocycles. The average molecular weight is 238 g/mol. The molecule has 3 heteroatoms. The molecule has 0 aromatic carbocycles. The van der Waals surface area contributed by atoms with Crippen molar-refractivity contribution in [2.24, 2.45) is 11.8 Å². The number of rotatable bonds is 2. The number of likely N-dealkylation sites (tertiary alicyclic amines) is 1. The van der Waals surface area contributed by atoms with Crippen molar-refractivity contribution in [2.45, 2.75) is 58.4 Å². The third-order valence-electron chi connectivity index (χ3n) is 4.44. The first kappa shape index (κ1) is 12.7. The fourth-order valence-corrected chi connectivity index (χ4v) is 2.81. The molecule has 1 saturated carbocycles. The minimum Gasteiger partial charge on any atom is -0.335 e. The van der Waals surface area contributed by atoms with Gasteiger partial charge in [-0.2, -0.15) is 0 Å². The van der Waals surface area contributed by atoms with Crippen LogP contribution in [0.4, 0.5) is 4.79 Å². The maximum absolute atomic E-state index is 12.0. The van der Waals surface area contributed by atoms with Crippen molar-refractivity contribution in [2.75, 3.05) is 13.1 Å². The minimum atomic E-state index is 0.180. The molecule has 3 nitrogen and oxygen atoms in total. The molecule has 0 aromatic rings. The highest BCUT2D eigenvalue weighted by atomic mass is 16.2. The molecule has 1 atom stereocenters. The molecule has 2 rings (SSSR count). The number of carbonyl (C=O) groups excluding carboxylic acids is 1. The lowest BCUT2D eigenvalue weighted by Gasteiger charge is -2.30. The van der Waals surface area contributed by atoms with Crippen LogP contribution in [0.5, 0.6) is 0 Å². The first-order chi connectivity index (χ1) is 8.16. The quantitative estimate of drug-likeness (QED) is 0.788. The molecule has 1 unspecified atom stereocenters. The van der Waals surface area contributed by atoms with Crippen molar-refractivity contribution < 1.29 is 4.79 Å². The summed E-state index contributed by atoms with van der Waals surface area (Å²) < 4.78 is 0. The zero-order chi connectivity index (χ0) is 12.3. The maximum Gasteiger partial charge on any atom is 0.317 e. The van der Waals surface area contributed by atoms with Crippen LogP contribution in [0.1, 0.15) is 52.4 Å². The highest BCUT2D eigenvalue weighted by Crippen LogP contribution is 2.25. The van der Waals surface area contributed by atoms with Crippen LogP contribution in [0.3, 0.4) is 0 Å². The largest absolute Gasteiger partial charge is 0.335 e. The molecular formula is C14H26N2O. The van der Waals surface area contributed by atoms with E-state index in [1.807, 2.05) is 4.90 Å². The highest BCUT2D eigenvalue weighted by molar-refractivity contribution is 5.74. The Labute approximate surface area is 105 Å². The molecule has 0 spiro atoms. The van der Waals surface area contributed by atoms with E-state index < -0.39 is 0 Å². The van der Waals surface area contributed by atoms with Crippen LogP contribution in [0, 0.1) is 11.8 Å². The second kappa shape index (κ2) is 5.74. The van der Waals surface area contributed by atoms with E-state index in [4.69, 9.17) is 0 Å². The van der Waals surface area contributed by atoms with Crippen LogP contribution >= 0.6 is 0 Å². The SMILES string of the molecule is CC(C)C1CCCN(C(=O)NC2CCC2)CC1. The zero-order valence-corrected chi connectivity index (χ0v) is 11.2. The van der Waals surface area contributed by atoms with Crippen molar-refractivity contribution >= 4 is 6.03 Å². The van der Waals surface area contributed by atoms with E-state index in [0.29, 0.717) is 6.04 Å². The van der Waals surface area contributed by atoms with Crippen molar-refractivity contribution in [1.29, 1.82) is 0 Å². The summed E-state index contributed by atoms with van der Waals surface area (Å²) in [4.78, 5) is 14.1. The van der Waals surface area contributed by atoms with Crippen LogP contribution in [-0.4, -0.2) is 30.1 Å². The molecule has 0 aromatic heterocycles. The number of hydrogen-bond donors (Lipinski definition) is 1. The smallest absolute Gasteiger partial charge is 0.317 e. The summed E-state index contributed by atoms with van der Waals surface area (Å²) in [5.74, 6) is 1.56. The highest BCUT2D eigenvalue weighted by Gasteiger charge is 2.25. The molecule has 1 heterocycles. The van der Waals surface area contributed by atoms with Crippen LogP contribution in [0.25, 0.3) is 0 Å². The molecule has 0 bridgehead atoms. The Kier molecular flexibility index (Phi) is 4.30. The summed E-state index contributed by atoms with van der Waals surface area (Å²) in [6.07, 6.45) is 7.25. The number of nitrogens with one attached hydrogen (secondary N) is 1. The Morgan fingerprint density at radius 2 is 1.88 bits per heavy atom. The van der Waals surface area contributed by atoms with E-state index in [2.05, 4.69) is 19.2 Å². The second-order valence-corrected chi connectivity index (χ2v) is 6.00. The summed E-state index contributed by atoms with van der Waals surface area (Å²) >= 11 is 0. The average Bonchev–Trinajstić information content (AvgIpc) is 2.48. The van der Waals surface area contributed by atoms with Crippen molar-refractivity contribution in [1.82, 2.24) is 10.2 Å². The van der Waals surface area contributed by atoms with E-state index in [9.17, 15) is 4.79 Å². The third kappa shape index (κ3) is 3.36. The topological polar surface area (TPSA) is 32.3 Å². The fourth-order valence-electron chi connectivity index (χ4n) is 2.81. The molecule has 2 fully saturated rings. The van der Waals surface area contributed by atoms with E-state index in [0.717, 1.165) is 24.9 Å². The second-order valence-electron chi connectivity index (χ2n) is 6.00. The molecule has 0 radical (unpaired) electrons. The Balaban J connectivity index is 1.78. The van der Waals surface area contributed by atoms with E-state index in [1.54, 1.807) is 0 Å². The normalized spacial score (nSPS) is 26.5. The van der Waals surface area contributed by atoms with Gasteiger partial charge >= 0.3 is 6.03 Å². The molecular weight excluding hydrogens is 212 g/mol. The molecule has 2 amide bonds. The maximum atomic E-state index is 12.0. The van der Waals surface area contributed by atoms with Crippen LogP contribution in [-0.2, 0) is 0 Å². The number of carbonyl (C=O) groups is 1. The number of hydrogen-bond acceptors (Lipinski definition) is 1. The van der Waals surface area contributed by atoms with Gasteiger partial charge in [0, 0.05) is 19.1 Å². The molecule has 1 N–H and O–H groups in total. The van der Waals surface area contributed by atoms with E-state index in [1.165, 1.54) is 38.5 Å². The van der Waals surface area contributed by atoms with Gasteiger partial charge < -0.3 is 10.2 Å². The molecule has 2 aliphatic rings. The van der Waals surface area contributed by atoms with Gasteiger partial charge in [0.2, 0.25) is 0 Å². The van der Waals surface area contributed by atoms with E-state index >= 15 is 0 Å². The van der Waals surface area contributed by atoms with Crippen LogP contribution in [0.15, 0.2) is 0 Å². The summed E-state index contributed by atoms with van der Waals surface area (Å²) in [6, 6.07) is 0.644.